The van der Waals surface area contributed by atoms with Crippen molar-refractivity contribution in [3.63, 3.8) is 0 Å². The Bertz CT molecular complexity index is 715. The molecule has 0 aliphatic rings. The zero-order valence-electron chi connectivity index (χ0n) is 15.5. The molecule has 1 aromatic heterocycles. The zero-order valence-corrected chi connectivity index (χ0v) is 15.5. The molecule has 27 heavy (non-hydrogen) atoms. The third kappa shape index (κ3) is 8.42. The van der Waals surface area contributed by atoms with Gasteiger partial charge in [-0.1, -0.05) is 32.6 Å². The Morgan fingerprint density at radius 3 is 2.44 bits per heavy atom. The molecule has 0 spiro atoms. The van der Waals surface area contributed by atoms with E-state index in [9.17, 15) is 14.0 Å². The van der Waals surface area contributed by atoms with Crippen LogP contribution in [0, 0.1) is 5.82 Å². The summed E-state index contributed by atoms with van der Waals surface area (Å²) in [5.74, 6) is -1.24. The Morgan fingerprint density at radius 1 is 1.19 bits per heavy atom. The molecule has 0 saturated heterocycles. The molecule has 0 aliphatic heterocycles. The van der Waals surface area contributed by atoms with Crippen LogP contribution < -0.4 is 16.2 Å². The summed E-state index contributed by atoms with van der Waals surface area (Å²) in [5.41, 5.74) is 10.8. The molecule has 0 atom stereocenters. The molecule has 0 unspecified atom stereocenters. The number of rotatable bonds is 9. The molecule has 0 saturated carbocycles. The predicted octanol–water partition coefficient (Wildman–Crippen LogP) is 3.84. The van der Waals surface area contributed by atoms with Crippen molar-refractivity contribution >= 4 is 12.2 Å². The molecule has 0 fully saturated rings. The number of benzene rings is 1. The summed E-state index contributed by atoms with van der Waals surface area (Å²) >= 11 is 0. The van der Waals surface area contributed by atoms with Gasteiger partial charge in [0.1, 0.15) is 6.29 Å². The van der Waals surface area contributed by atoms with Crippen LogP contribution in [0.2, 0.25) is 0 Å². The van der Waals surface area contributed by atoms with E-state index in [-0.39, 0.29) is 22.8 Å². The first kappa shape index (κ1) is 22.2. The van der Waals surface area contributed by atoms with Crippen molar-refractivity contribution < 1.29 is 18.7 Å². The van der Waals surface area contributed by atoms with Crippen molar-refractivity contribution in [1.29, 1.82) is 0 Å². The zero-order chi connectivity index (χ0) is 20.1. The minimum Gasteiger partial charge on any atom is -0.436 e. The molecule has 0 bridgehead atoms. The highest BCUT2D eigenvalue weighted by Gasteiger charge is 2.07. The SMILES string of the molecule is CCCCCCCN.NC(=O)c1ccc(Oc2ccc(C=O)cc2F)nc1. The molecule has 1 aromatic carbocycles. The number of hydrogen-bond donors (Lipinski definition) is 2. The van der Waals surface area contributed by atoms with Crippen molar-refractivity contribution in [3.05, 3.63) is 53.5 Å². The van der Waals surface area contributed by atoms with E-state index in [0.29, 0.717) is 6.29 Å². The lowest BCUT2D eigenvalue weighted by Gasteiger charge is -2.06. The van der Waals surface area contributed by atoms with Gasteiger partial charge in [-0.3, -0.25) is 9.59 Å². The second kappa shape index (κ2) is 12.5. The summed E-state index contributed by atoms with van der Waals surface area (Å²) in [5, 5.41) is 0. The molecular weight excluding hydrogens is 349 g/mol. The molecular formula is C20H26FN3O3. The number of carbonyl (C=O) groups excluding carboxylic acids is 2. The Hall–Kier alpha value is -2.80. The van der Waals surface area contributed by atoms with Crippen LogP contribution in [0.4, 0.5) is 4.39 Å². The predicted molar refractivity (Wildman–Crippen MR) is 102 cm³/mol. The van der Waals surface area contributed by atoms with Gasteiger partial charge in [-0.05, 0) is 37.2 Å². The number of pyridine rings is 1. The Balaban J connectivity index is 0.000000387. The summed E-state index contributed by atoms with van der Waals surface area (Å²) in [6.45, 7) is 3.09. The third-order valence-electron chi connectivity index (χ3n) is 3.64. The van der Waals surface area contributed by atoms with Gasteiger partial charge in [-0.25, -0.2) is 9.37 Å². The standard InChI is InChI=1S/C13H9FN2O3.C7H17N/c14-10-5-8(7-17)1-3-11(10)19-12-4-2-9(6-16-12)13(15)18;1-2-3-4-5-6-7-8/h1-7H,(H2,15,18);2-8H2,1H3. The highest BCUT2D eigenvalue weighted by molar-refractivity contribution is 5.92. The third-order valence-corrected chi connectivity index (χ3v) is 3.64. The highest BCUT2D eigenvalue weighted by atomic mass is 19.1. The number of ether oxygens (including phenoxy) is 1. The quantitative estimate of drug-likeness (QED) is 0.511. The van der Waals surface area contributed by atoms with Crippen molar-refractivity contribution in [3.8, 4) is 11.6 Å². The Labute approximate surface area is 158 Å². The first-order valence-corrected chi connectivity index (χ1v) is 8.90. The summed E-state index contributed by atoms with van der Waals surface area (Å²) in [4.78, 5) is 25.1. The molecule has 7 heteroatoms. The molecule has 6 nitrogen and oxygen atoms in total. The number of halogens is 1. The number of carbonyl (C=O) groups is 2. The second-order valence-electron chi connectivity index (χ2n) is 5.86. The Morgan fingerprint density at radius 2 is 1.93 bits per heavy atom. The van der Waals surface area contributed by atoms with E-state index in [1.807, 2.05) is 0 Å². The number of unbranched alkanes of at least 4 members (excludes halogenated alkanes) is 4. The minimum absolute atomic E-state index is 0.0649. The van der Waals surface area contributed by atoms with Crippen LogP contribution >= 0.6 is 0 Å². The van der Waals surface area contributed by atoms with Crippen LogP contribution in [0.1, 0.15) is 59.7 Å². The van der Waals surface area contributed by atoms with Crippen LogP contribution in [-0.2, 0) is 0 Å². The molecule has 0 aliphatic carbocycles. The number of nitrogens with zero attached hydrogens (tertiary/aromatic N) is 1. The van der Waals surface area contributed by atoms with Crippen molar-refractivity contribution in [2.45, 2.75) is 39.0 Å². The number of nitrogens with two attached hydrogens (primary N) is 2. The van der Waals surface area contributed by atoms with E-state index in [4.69, 9.17) is 16.2 Å². The molecule has 2 aromatic rings. The molecule has 2 rings (SSSR count). The summed E-state index contributed by atoms with van der Waals surface area (Å²) in [6, 6.07) is 6.61. The average molecular weight is 375 g/mol. The fraction of sp³-hybridized carbons (Fsp3) is 0.350. The second-order valence-corrected chi connectivity index (χ2v) is 5.86. The molecule has 4 N–H and O–H groups in total. The summed E-state index contributed by atoms with van der Waals surface area (Å²) in [6.07, 6.45) is 8.37. The van der Waals surface area contributed by atoms with Crippen molar-refractivity contribution in [1.82, 2.24) is 4.98 Å². The minimum atomic E-state index is -0.676. The molecule has 146 valence electrons. The molecule has 0 radical (unpaired) electrons. The highest BCUT2D eigenvalue weighted by Crippen LogP contribution is 2.23. The van der Waals surface area contributed by atoms with E-state index < -0.39 is 11.7 Å². The van der Waals surface area contributed by atoms with Gasteiger partial charge in [0, 0.05) is 17.8 Å². The topological polar surface area (TPSA) is 108 Å². The lowest BCUT2D eigenvalue weighted by Crippen LogP contribution is -2.10. The van der Waals surface area contributed by atoms with Crippen molar-refractivity contribution in [2.75, 3.05) is 6.54 Å². The summed E-state index contributed by atoms with van der Waals surface area (Å²) < 4.78 is 18.7. The van der Waals surface area contributed by atoms with Crippen LogP contribution in [0.15, 0.2) is 36.5 Å². The van der Waals surface area contributed by atoms with Gasteiger partial charge < -0.3 is 16.2 Å². The monoisotopic (exact) mass is 375 g/mol. The lowest BCUT2D eigenvalue weighted by atomic mass is 10.2. The molecule has 1 heterocycles. The van der Waals surface area contributed by atoms with Gasteiger partial charge in [0.25, 0.3) is 0 Å². The van der Waals surface area contributed by atoms with Gasteiger partial charge in [-0.15, -0.1) is 0 Å². The molecule has 1 amide bonds. The Kier molecular flexibility index (Phi) is 10.3. The van der Waals surface area contributed by atoms with E-state index >= 15 is 0 Å². The van der Waals surface area contributed by atoms with Crippen LogP contribution in [0.5, 0.6) is 11.6 Å². The first-order chi connectivity index (χ1) is 13.0. The van der Waals surface area contributed by atoms with E-state index in [2.05, 4.69) is 11.9 Å². The largest absolute Gasteiger partial charge is 0.436 e. The van der Waals surface area contributed by atoms with Gasteiger partial charge in [-0.2, -0.15) is 0 Å². The van der Waals surface area contributed by atoms with Gasteiger partial charge in [0.2, 0.25) is 11.8 Å². The normalized spacial score (nSPS) is 9.89. The lowest BCUT2D eigenvalue weighted by molar-refractivity contribution is 0.0999. The fourth-order valence-electron chi connectivity index (χ4n) is 2.12. The number of primary amides is 1. The number of aromatic nitrogens is 1. The fourth-order valence-corrected chi connectivity index (χ4v) is 2.12. The maximum atomic E-state index is 13.5. The van der Waals surface area contributed by atoms with Crippen LogP contribution in [0.3, 0.4) is 0 Å². The van der Waals surface area contributed by atoms with E-state index in [1.54, 1.807) is 0 Å². The number of aldehydes is 1. The number of amides is 1. The van der Waals surface area contributed by atoms with Gasteiger partial charge >= 0.3 is 0 Å². The van der Waals surface area contributed by atoms with Gasteiger partial charge in [0.15, 0.2) is 11.6 Å². The van der Waals surface area contributed by atoms with E-state index in [1.165, 1.54) is 62.6 Å². The summed E-state index contributed by atoms with van der Waals surface area (Å²) in [7, 11) is 0. The van der Waals surface area contributed by atoms with Gasteiger partial charge in [0.05, 0.1) is 5.56 Å². The first-order valence-electron chi connectivity index (χ1n) is 8.90. The van der Waals surface area contributed by atoms with E-state index in [0.717, 1.165) is 12.6 Å². The average Bonchev–Trinajstić information content (AvgIpc) is 2.68. The van der Waals surface area contributed by atoms with Crippen LogP contribution in [-0.4, -0.2) is 23.7 Å². The maximum Gasteiger partial charge on any atom is 0.250 e. The smallest absolute Gasteiger partial charge is 0.250 e. The number of hydrogen-bond acceptors (Lipinski definition) is 5. The maximum absolute atomic E-state index is 13.5. The van der Waals surface area contributed by atoms with Crippen molar-refractivity contribution in [2.24, 2.45) is 11.5 Å². The van der Waals surface area contributed by atoms with Crippen LogP contribution in [0.25, 0.3) is 0 Å².